The van der Waals surface area contributed by atoms with Crippen LogP contribution >= 0.6 is 0 Å². The Labute approximate surface area is 78.6 Å². The van der Waals surface area contributed by atoms with Crippen LogP contribution in [-0.4, -0.2) is 22.0 Å². The molecule has 0 spiro atoms. The molecule has 0 fully saturated rings. The van der Waals surface area contributed by atoms with Crippen molar-refractivity contribution in [1.82, 2.24) is 0 Å². The van der Waals surface area contributed by atoms with Gasteiger partial charge in [0.15, 0.2) is 0 Å². The third-order valence-corrected chi connectivity index (χ3v) is 1.67. The maximum atomic E-state index is 12.8. The fraction of sp³-hybridized carbons (Fsp3) is 0.111. The minimum absolute atomic E-state index is 0.0999. The molecule has 0 heterocycles. The summed E-state index contributed by atoms with van der Waals surface area (Å²) in [5, 5.41) is 17.0. The summed E-state index contributed by atoms with van der Waals surface area (Å²) in [5.41, 5.74) is -0.250. The van der Waals surface area contributed by atoms with Crippen LogP contribution in [-0.2, 0) is 11.4 Å². The average Bonchev–Trinajstić information content (AvgIpc) is 2.17. The molecule has 0 aliphatic rings. The molecule has 1 rings (SSSR count). The molecule has 2 N–H and O–H groups in total. The van der Waals surface area contributed by atoms with E-state index in [2.05, 4.69) is 0 Å². The number of Topliss-reactive ketones (excluding diaryl/α,β-unsaturated/α-hetero) is 1. The molecular formula is C9H7FO4. The Bertz CT molecular complexity index is 386. The molecule has 0 saturated carbocycles. The predicted octanol–water partition coefficient (Wildman–Crippen LogP) is 0.585. The lowest BCUT2D eigenvalue weighted by atomic mass is 10.1. The first-order valence-corrected chi connectivity index (χ1v) is 3.73. The summed E-state index contributed by atoms with van der Waals surface area (Å²) < 4.78 is 12.8. The second-order valence-corrected chi connectivity index (χ2v) is 2.60. The molecule has 0 atom stereocenters. The van der Waals surface area contributed by atoms with Crippen molar-refractivity contribution >= 4 is 11.8 Å². The van der Waals surface area contributed by atoms with Gasteiger partial charge in [-0.15, -0.1) is 0 Å². The van der Waals surface area contributed by atoms with Gasteiger partial charge in [0, 0.05) is 11.1 Å². The number of aliphatic hydroxyl groups is 1. The zero-order valence-corrected chi connectivity index (χ0v) is 7.03. The van der Waals surface area contributed by atoms with E-state index < -0.39 is 24.2 Å². The van der Waals surface area contributed by atoms with Crippen LogP contribution < -0.4 is 0 Å². The molecule has 0 aromatic heterocycles. The van der Waals surface area contributed by atoms with Crippen LogP contribution in [0.1, 0.15) is 15.9 Å². The normalized spacial score (nSPS) is 9.86. The summed E-state index contributed by atoms with van der Waals surface area (Å²) in [6, 6.07) is 3.03. The zero-order valence-electron chi connectivity index (χ0n) is 7.03. The Morgan fingerprint density at radius 1 is 1.36 bits per heavy atom. The molecule has 0 amide bonds. The number of halogens is 1. The number of carbonyl (C=O) groups is 2. The Morgan fingerprint density at radius 2 is 2.00 bits per heavy atom. The van der Waals surface area contributed by atoms with Gasteiger partial charge >= 0.3 is 5.97 Å². The third kappa shape index (κ3) is 1.94. The number of ketones is 1. The molecule has 0 unspecified atom stereocenters. The van der Waals surface area contributed by atoms with Crippen molar-refractivity contribution in [2.75, 3.05) is 0 Å². The first kappa shape index (κ1) is 10.3. The van der Waals surface area contributed by atoms with Crippen LogP contribution in [0.4, 0.5) is 4.39 Å². The number of carboxylic acid groups (broad SMARTS) is 1. The highest BCUT2D eigenvalue weighted by molar-refractivity contribution is 6.39. The second-order valence-electron chi connectivity index (χ2n) is 2.60. The lowest BCUT2D eigenvalue weighted by Gasteiger charge is -2.01. The van der Waals surface area contributed by atoms with Gasteiger partial charge in [0.1, 0.15) is 5.82 Å². The summed E-state index contributed by atoms with van der Waals surface area (Å²) in [6.45, 7) is -0.577. The Kier molecular flexibility index (Phi) is 2.93. The Morgan fingerprint density at radius 3 is 2.50 bits per heavy atom. The lowest BCUT2D eigenvalue weighted by molar-refractivity contribution is -0.131. The number of aliphatic carboxylic acids is 1. The quantitative estimate of drug-likeness (QED) is 0.550. The number of carboxylic acids is 1. The minimum atomic E-state index is -1.61. The van der Waals surface area contributed by atoms with E-state index in [1.165, 1.54) is 0 Å². The van der Waals surface area contributed by atoms with Crippen LogP contribution in [0.2, 0.25) is 0 Å². The van der Waals surface area contributed by atoms with Gasteiger partial charge in [0.25, 0.3) is 5.78 Å². The molecule has 5 heteroatoms. The van der Waals surface area contributed by atoms with Crippen LogP contribution in [0.5, 0.6) is 0 Å². The lowest BCUT2D eigenvalue weighted by Crippen LogP contribution is -2.13. The average molecular weight is 198 g/mol. The van der Waals surface area contributed by atoms with Crippen molar-refractivity contribution in [3.63, 3.8) is 0 Å². The Balaban J connectivity index is 3.12. The summed E-state index contributed by atoms with van der Waals surface area (Å²) in [7, 11) is 0. The van der Waals surface area contributed by atoms with E-state index in [4.69, 9.17) is 10.2 Å². The smallest absolute Gasteiger partial charge is 0.377 e. The van der Waals surface area contributed by atoms with Gasteiger partial charge < -0.3 is 10.2 Å². The van der Waals surface area contributed by atoms with Crippen molar-refractivity contribution in [3.8, 4) is 0 Å². The summed E-state index contributed by atoms with van der Waals surface area (Å²) in [5.74, 6) is -3.41. The fourth-order valence-corrected chi connectivity index (χ4v) is 0.961. The molecule has 0 aliphatic carbocycles. The third-order valence-electron chi connectivity index (χ3n) is 1.67. The van der Waals surface area contributed by atoms with Crippen molar-refractivity contribution in [3.05, 3.63) is 35.1 Å². The van der Waals surface area contributed by atoms with E-state index >= 15 is 0 Å². The molecule has 1 aromatic rings. The predicted molar refractivity (Wildman–Crippen MR) is 44.3 cm³/mol. The van der Waals surface area contributed by atoms with Crippen molar-refractivity contribution in [2.24, 2.45) is 0 Å². The SMILES string of the molecule is O=C(O)C(=O)c1ccc(F)c(CO)c1. The van der Waals surface area contributed by atoms with E-state index in [1.54, 1.807) is 0 Å². The maximum absolute atomic E-state index is 12.8. The Hall–Kier alpha value is -1.75. The highest BCUT2D eigenvalue weighted by Gasteiger charge is 2.15. The summed E-state index contributed by atoms with van der Waals surface area (Å²) >= 11 is 0. The van der Waals surface area contributed by atoms with Gasteiger partial charge in [-0.3, -0.25) is 4.79 Å². The van der Waals surface area contributed by atoms with E-state index in [-0.39, 0.29) is 11.1 Å². The van der Waals surface area contributed by atoms with Gasteiger partial charge in [-0.2, -0.15) is 0 Å². The molecule has 0 aliphatic heterocycles. The topological polar surface area (TPSA) is 74.6 Å². The molecule has 74 valence electrons. The summed E-state index contributed by atoms with van der Waals surface area (Å²) in [6.07, 6.45) is 0. The highest BCUT2D eigenvalue weighted by Crippen LogP contribution is 2.11. The second kappa shape index (κ2) is 3.97. The minimum Gasteiger partial charge on any atom is -0.475 e. The molecule has 0 bridgehead atoms. The maximum Gasteiger partial charge on any atom is 0.377 e. The number of hydrogen-bond donors (Lipinski definition) is 2. The number of benzene rings is 1. The van der Waals surface area contributed by atoms with Crippen LogP contribution in [0.3, 0.4) is 0 Å². The van der Waals surface area contributed by atoms with Gasteiger partial charge in [-0.1, -0.05) is 0 Å². The standard InChI is InChI=1S/C9H7FO4/c10-7-2-1-5(3-6(7)4-11)8(12)9(13)14/h1-3,11H,4H2,(H,13,14). The van der Waals surface area contributed by atoms with Gasteiger partial charge in [-0.25, -0.2) is 9.18 Å². The largest absolute Gasteiger partial charge is 0.475 e. The molecule has 0 saturated heterocycles. The monoisotopic (exact) mass is 198 g/mol. The number of hydrogen-bond acceptors (Lipinski definition) is 3. The highest BCUT2D eigenvalue weighted by atomic mass is 19.1. The van der Waals surface area contributed by atoms with Crippen LogP contribution in [0.25, 0.3) is 0 Å². The first-order chi connectivity index (χ1) is 6.56. The van der Waals surface area contributed by atoms with E-state index in [0.29, 0.717) is 0 Å². The van der Waals surface area contributed by atoms with E-state index in [9.17, 15) is 14.0 Å². The van der Waals surface area contributed by atoms with Crippen molar-refractivity contribution in [1.29, 1.82) is 0 Å². The number of rotatable bonds is 3. The van der Waals surface area contributed by atoms with Crippen LogP contribution in [0.15, 0.2) is 18.2 Å². The van der Waals surface area contributed by atoms with E-state index in [0.717, 1.165) is 18.2 Å². The van der Waals surface area contributed by atoms with Crippen LogP contribution in [0, 0.1) is 5.82 Å². The zero-order chi connectivity index (χ0) is 10.7. The van der Waals surface area contributed by atoms with Crippen molar-refractivity contribution in [2.45, 2.75) is 6.61 Å². The molecular weight excluding hydrogens is 191 g/mol. The molecule has 4 nitrogen and oxygen atoms in total. The van der Waals surface area contributed by atoms with Gasteiger partial charge in [0.05, 0.1) is 6.61 Å². The first-order valence-electron chi connectivity index (χ1n) is 3.73. The molecule has 1 aromatic carbocycles. The number of aliphatic hydroxyl groups excluding tert-OH is 1. The molecule has 0 radical (unpaired) electrons. The molecule has 14 heavy (non-hydrogen) atoms. The fourth-order valence-electron chi connectivity index (χ4n) is 0.961. The van der Waals surface area contributed by atoms with Gasteiger partial charge in [0.2, 0.25) is 0 Å². The number of carbonyl (C=O) groups excluding carboxylic acids is 1. The summed E-state index contributed by atoms with van der Waals surface area (Å²) in [4.78, 5) is 21.2. The van der Waals surface area contributed by atoms with E-state index in [1.807, 2.05) is 0 Å². The van der Waals surface area contributed by atoms with Crippen molar-refractivity contribution < 1.29 is 24.2 Å². The van der Waals surface area contributed by atoms with Gasteiger partial charge in [-0.05, 0) is 18.2 Å².